The smallest absolute Gasteiger partial charge is 0.149 e. The van der Waals surface area contributed by atoms with Crippen LogP contribution in [0.4, 0.5) is 0 Å². The second-order valence-corrected chi connectivity index (χ2v) is 4.12. The number of hydrogen-bond donors (Lipinski definition) is 0. The van der Waals surface area contributed by atoms with Crippen LogP contribution in [0.5, 0.6) is 0 Å². The molecule has 1 atom stereocenters. The maximum Gasteiger partial charge on any atom is 0.149 e. The number of rotatable bonds is 1. The summed E-state index contributed by atoms with van der Waals surface area (Å²) in [5, 5.41) is 0. The molecule has 0 aromatic heterocycles. The normalized spacial score (nSPS) is 21.0. The molecule has 88 valence electrons. The zero-order valence-electron chi connectivity index (χ0n) is 9.86. The van der Waals surface area contributed by atoms with E-state index in [-0.39, 0.29) is 6.10 Å². The van der Waals surface area contributed by atoms with Gasteiger partial charge in [-0.2, -0.15) is 0 Å². The van der Waals surface area contributed by atoms with Crippen molar-refractivity contribution in [1.29, 1.82) is 0 Å². The molecule has 2 heteroatoms. The van der Waals surface area contributed by atoms with Gasteiger partial charge in [0.2, 0.25) is 0 Å². The van der Waals surface area contributed by atoms with Crippen LogP contribution in [-0.2, 0) is 4.74 Å². The van der Waals surface area contributed by atoms with E-state index in [1.165, 1.54) is 0 Å². The van der Waals surface area contributed by atoms with Gasteiger partial charge in [-0.15, -0.1) is 0 Å². The summed E-state index contributed by atoms with van der Waals surface area (Å²) in [5.41, 5.74) is 3.37. The maximum absolute atomic E-state index is 5.80. The molecule has 2 aromatic carbocycles. The molecule has 1 heterocycles. The zero-order chi connectivity index (χ0) is 12.2. The lowest BCUT2D eigenvalue weighted by atomic mass is 9.97. The Morgan fingerprint density at radius 3 is 2.56 bits per heavy atom. The first-order valence-electron chi connectivity index (χ1n) is 5.93. The molecule has 1 aliphatic heterocycles. The Morgan fingerprint density at radius 1 is 0.889 bits per heavy atom. The van der Waals surface area contributed by atoms with Gasteiger partial charge < -0.3 is 4.74 Å². The number of fused-ring (bicyclic) bond motifs is 1. The largest absolute Gasteiger partial charge is 0.487 e. The highest BCUT2D eigenvalue weighted by molar-refractivity contribution is 5.82. The van der Waals surface area contributed by atoms with E-state index in [1.807, 2.05) is 36.5 Å². The summed E-state index contributed by atoms with van der Waals surface area (Å²) in [6.07, 6.45) is 5.10. The van der Waals surface area contributed by atoms with Crippen LogP contribution in [0, 0.1) is 0 Å². The maximum atomic E-state index is 5.80. The molecule has 0 amide bonds. The molecule has 18 heavy (non-hydrogen) atoms. The van der Waals surface area contributed by atoms with Crippen molar-refractivity contribution >= 4 is 6.21 Å². The van der Waals surface area contributed by atoms with Crippen LogP contribution < -0.4 is 0 Å². The molecule has 0 fully saturated rings. The highest BCUT2D eigenvalue weighted by Gasteiger charge is 2.17. The van der Waals surface area contributed by atoms with Crippen LogP contribution in [0.3, 0.4) is 0 Å². The van der Waals surface area contributed by atoms with E-state index in [0.717, 1.165) is 16.7 Å². The zero-order valence-corrected chi connectivity index (χ0v) is 9.86. The molecule has 0 aliphatic carbocycles. The van der Waals surface area contributed by atoms with Crippen molar-refractivity contribution in [2.24, 2.45) is 4.99 Å². The standard InChI is InChI=1S/C16H13NO/c1-2-6-13(7-3-1)16-15-9-5-4-8-14(15)12-17-10-11-18-16/h1-12,16H/b11-10-,17-12-. The average Bonchev–Trinajstić information content (AvgIpc) is 2.41. The lowest BCUT2D eigenvalue weighted by Crippen LogP contribution is -2.07. The number of aliphatic imine (C=N–C) groups is 1. The van der Waals surface area contributed by atoms with E-state index in [0.29, 0.717) is 0 Å². The molecule has 0 saturated heterocycles. The van der Waals surface area contributed by atoms with Crippen molar-refractivity contribution in [3.05, 3.63) is 83.7 Å². The van der Waals surface area contributed by atoms with Crippen molar-refractivity contribution in [3.63, 3.8) is 0 Å². The highest BCUT2D eigenvalue weighted by atomic mass is 16.5. The van der Waals surface area contributed by atoms with E-state index in [4.69, 9.17) is 4.74 Å². The summed E-state index contributed by atoms with van der Waals surface area (Å²) in [7, 11) is 0. The molecular weight excluding hydrogens is 222 g/mol. The minimum Gasteiger partial charge on any atom is -0.487 e. The summed E-state index contributed by atoms with van der Waals surface area (Å²) in [6, 6.07) is 18.4. The summed E-state index contributed by atoms with van der Waals surface area (Å²) < 4.78 is 5.80. The topological polar surface area (TPSA) is 21.6 Å². The molecule has 1 aliphatic rings. The van der Waals surface area contributed by atoms with Crippen molar-refractivity contribution in [3.8, 4) is 0 Å². The Morgan fingerprint density at radius 2 is 1.67 bits per heavy atom. The van der Waals surface area contributed by atoms with Gasteiger partial charge in [0.15, 0.2) is 0 Å². The first kappa shape index (κ1) is 10.8. The van der Waals surface area contributed by atoms with Crippen molar-refractivity contribution in [1.82, 2.24) is 0 Å². The Labute approximate surface area is 106 Å². The van der Waals surface area contributed by atoms with E-state index in [1.54, 1.807) is 12.5 Å². The Balaban J connectivity index is 2.12. The average molecular weight is 235 g/mol. The van der Waals surface area contributed by atoms with Crippen molar-refractivity contribution < 1.29 is 4.74 Å². The SMILES string of the molecule is C1=C\OC(c2ccccc2)c2ccccc2\C=N/1. The summed E-state index contributed by atoms with van der Waals surface area (Å²) in [6.45, 7) is 0. The molecule has 0 spiro atoms. The fraction of sp³-hybridized carbons (Fsp3) is 0.0625. The highest BCUT2D eigenvalue weighted by Crippen LogP contribution is 2.29. The molecule has 2 aromatic rings. The Kier molecular flexibility index (Phi) is 2.92. The molecule has 3 rings (SSSR count). The van der Waals surface area contributed by atoms with Gasteiger partial charge in [0.25, 0.3) is 0 Å². The first-order valence-corrected chi connectivity index (χ1v) is 5.93. The summed E-state index contributed by atoms with van der Waals surface area (Å²) in [5.74, 6) is 0. The van der Waals surface area contributed by atoms with Gasteiger partial charge in [0, 0.05) is 11.8 Å². The number of ether oxygens (including phenoxy) is 1. The van der Waals surface area contributed by atoms with Crippen molar-refractivity contribution in [2.45, 2.75) is 6.10 Å². The molecular formula is C16H13NO. The van der Waals surface area contributed by atoms with E-state index < -0.39 is 0 Å². The monoisotopic (exact) mass is 235 g/mol. The van der Waals surface area contributed by atoms with Gasteiger partial charge in [0.1, 0.15) is 12.4 Å². The van der Waals surface area contributed by atoms with Crippen LogP contribution in [-0.4, -0.2) is 6.21 Å². The number of nitrogens with zero attached hydrogens (tertiary/aromatic N) is 1. The van der Waals surface area contributed by atoms with Gasteiger partial charge in [-0.1, -0.05) is 54.6 Å². The van der Waals surface area contributed by atoms with Gasteiger partial charge in [0.05, 0.1) is 6.20 Å². The molecule has 1 unspecified atom stereocenters. The van der Waals surface area contributed by atoms with Gasteiger partial charge in [-0.25, -0.2) is 0 Å². The Hall–Kier alpha value is -2.35. The quantitative estimate of drug-likeness (QED) is 0.738. The van der Waals surface area contributed by atoms with Crippen LogP contribution in [0.15, 0.2) is 72.1 Å². The number of hydrogen-bond acceptors (Lipinski definition) is 2. The molecule has 0 bridgehead atoms. The minimum atomic E-state index is -0.0783. The molecule has 0 radical (unpaired) electrons. The third-order valence-corrected chi connectivity index (χ3v) is 2.96. The predicted molar refractivity (Wildman–Crippen MR) is 72.5 cm³/mol. The molecule has 0 saturated carbocycles. The third kappa shape index (κ3) is 2.05. The Bertz CT molecular complexity index is 587. The predicted octanol–water partition coefficient (Wildman–Crippen LogP) is 3.70. The van der Waals surface area contributed by atoms with E-state index in [2.05, 4.69) is 29.3 Å². The minimum absolute atomic E-state index is 0.0783. The molecule has 0 N–H and O–H groups in total. The lowest BCUT2D eigenvalue weighted by Gasteiger charge is -2.20. The third-order valence-electron chi connectivity index (χ3n) is 2.96. The van der Waals surface area contributed by atoms with E-state index in [9.17, 15) is 0 Å². The summed E-state index contributed by atoms with van der Waals surface area (Å²) >= 11 is 0. The van der Waals surface area contributed by atoms with Crippen LogP contribution in [0.1, 0.15) is 22.8 Å². The fourth-order valence-corrected chi connectivity index (χ4v) is 2.10. The van der Waals surface area contributed by atoms with Crippen LogP contribution in [0.25, 0.3) is 0 Å². The second kappa shape index (κ2) is 4.88. The number of benzene rings is 2. The second-order valence-electron chi connectivity index (χ2n) is 4.12. The molecule has 2 nitrogen and oxygen atoms in total. The summed E-state index contributed by atoms with van der Waals surface area (Å²) in [4.78, 5) is 4.17. The van der Waals surface area contributed by atoms with E-state index >= 15 is 0 Å². The van der Waals surface area contributed by atoms with Crippen LogP contribution >= 0.6 is 0 Å². The van der Waals surface area contributed by atoms with Gasteiger partial charge in [-0.3, -0.25) is 4.99 Å². The van der Waals surface area contributed by atoms with Gasteiger partial charge in [-0.05, 0) is 11.1 Å². The lowest BCUT2D eigenvalue weighted by molar-refractivity contribution is 0.182. The van der Waals surface area contributed by atoms with Crippen LogP contribution in [0.2, 0.25) is 0 Å². The fourth-order valence-electron chi connectivity index (χ4n) is 2.10. The van der Waals surface area contributed by atoms with Gasteiger partial charge >= 0.3 is 0 Å². The van der Waals surface area contributed by atoms with Crippen molar-refractivity contribution in [2.75, 3.05) is 0 Å². The first-order chi connectivity index (χ1) is 8.95.